The molecule has 0 atom stereocenters. The second-order valence-corrected chi connectivity index (χ2v) is 7.24. The number of benzene rings is 1. The molecule has 0 bridgehead atoms. The van der Waals surface area contributed by atoms with Crippen LogP contribution < -0.4 is 5.73 Å². The third-order valence-corrected chi connectivity index (χ3v) is 4.50. The lowest BCUT2D eigenvalue weighted by atomic mass is 10.3. The van der Waals surface area contributed by atoms with Crippen molar-refractivity contribution in [2.45, 2.75) is 17.5 Å². The first-order chi connectivity index (χ1) is 7.72. The normalized spacial score (nSPS) is 17.1. The second kappa shape index (κ2) is 3.46. The van der Waals surface area contributed by atoms with E-state index in [1.165, 1.54) is 0 Å². The van der Waals surface area contributed by atoms with Gasteiger partial charge in [-0.2, -0.15) is 13.2 Å². The van der Waals surface area contributed by atoms with Gasteiger partial charge in [-0.05, 0) is 18.2 Å². The third-order valence-electron chi connectivity index (χ3n) is 2.18. The molecular formula is C9H10F7NS. The van der Waals surface area contributed by atoms with Gasteiger partial charge in [0.2, 0.25) is 0 Å². The number of rotatable bonds is 3. The molecule has 0 saturated carbocycles. The molecular weight excluding hydrogens is 287 g/mol. The maximum Gasteiger partial charge on any atom is 0.390 e. The first-order valence-corrected chi connectivity index (χ1v) is 6.86. The molecule has 0 radical (unpaired) electrons. The number of nitrogens with two attached hydrogens (primary N) is 1. The van der Waals surface area contributed by atoms with Crippen LogP contribution in [0.5, 0.6) is 0 Å². The van der Waals surface area contributed by atoms with Gasteiger partial charge in [-0.15, -0.1) is 15.5 Å². The minimum absolute atomic E-state index is 0.304. The summed E-state index contributed by atoms with van der Waals surface area (Å²) in [5, 5.41) is 0. The lowest BCUT2D eigenvalue weighted by molar-refractivity contribution is -0.130. The van der Waals surface area contributed by atoms with Crippen molar-refractivity contribution in [3.8, 4) is 0 Å². The zero-order valence-corrected chi connectivity index (χ0v) is 9.67. The maximum atomic E-state index is 13.5. The highest BCUT2D eigenvalue weighted by Gasteiger charge is 2.65. The van der Waals surface area contributed by atoms with Crippen LogP contribution in [-0.4, -0.2) is 11.9 Å². The van der Waals surface area contributed by atoms with E-state index in [0.29, 0.717) is 12.1 Å². The van der Waals surface area contributed by atoms with Gasteiger partial charge in [0, 0.05) is 5.69 Å². The second-order valence-electron chi connectivity index (χ2n) is 3.88. The van der Waals surface area contributed by atoms with E-state index < -0.39 is 33.1 Å². The van der Waals surface area contributed by atoms with Crippen molar-refractivity contribution >= 4 is 15.5 Å². The topological polar surface area (TPSA) is 26.0 Å². The fraction of sp³-hybridized carbons (Fsp3) is 0.333. The highest BCUT2D eigenvalue weighted by molar-refractivity contribution is 8.49. The van der Waals surface area contributed by atoms with Crippen molar-refractivity contribution in [3.63, 3.8) is 0 Å². The van der Waals surface area contributed by atoms with E-state index in [1.807, 2.05) is 0 Å². The smallest absolute Gasteiger partial charge is 0.390 e. The van der Waals surface area contributed by atoms with Gasteiger partial charge >= 0.3 is 6.18 Å². The van der Waals surface area contributed by atoms with Crippen LogP contribution in [0.25, 0.3) is 0 Å². The number of hydrogen-bond acceptors (Lipinski definition) is 1. The average molecular weight is 297 g/mol. The Balaban J connectivity index is 3.20. The molecule has 1 aromatic carbocycles. The molecule has 0 spiro atoms. The fourth-order valence-corrected chi connectivity index (χ4v) is 2.89. The summed E-state index contributed by atoms with van der Waals surface area (Å²) < 4.78 is 89.4. The van der Waals surface area contributed by atoms with E-state index >= 15 is 0 Å². The Morgan fingerprint density at radius 1 is 1.06 bits per heavy atom. The van der Waals surface area contributed by atoms with Gasteiger partial charge in [-0.25, -0.2) is 0 Å². The van der Waals surface area contributed by atoms with Gasteiger partial charge in [0.25, 0.3) is 0 Å². The molecule has 2 N–H and O–H groups in total. The number of hydrogen-bond donors (Lipinski definition) is 1. The third kappa shape index (κ3) is 3.69. The van der Waals surface area contributed by atoms with Crippen molar-refractivity contribution in [2.75, 3.05) is 11.5 Å². The number of alkyl halides is 3. The van der Waals surface area contributed by atoms with Gasteiger partial charge in [0.05, 0.1) is 17.1 Å². The molecule has 0 unspecified atom stereocenters. The molecule has 0 amide bonds. The van der Waals surface area contributed by atoms with E-state index in [9.17, 15) is 28.7 Å². The maximum absolute atomic E-state index is 13.5. The van der Waals surface area contributed by atoms with Crippen LogP contribution in [0.2, 0.25) is 0 Å². The van der Waals surface area contributed by atoms with E-state index in [-0.39, 0.29) is 5.69 Å². The largest absolute Gasteiger partial charge is 0.399 e. The molecule has 1 rings (SSSR count). The monoisotopic (exact) mass is 297 g/mol. The van der Waals surface area contributed by atoms with Crippen molar-refractivity contribution < 1.29 is 28.7 Å². The van der Waals surface area contributed by atoms with Crippen LogP contribution in [0.15, 0.2) is 29.2 Å². The fourth-order valence-electron chi connectivity index (χ4n) is 1.24. The molecule has 1 nitrogen and oxygen atoms in total. The standard InChI is InChI=1S/C9H10F7NS/c10-9(11,12)4-5-18(13,14,15,16)8-3-1-2-7(17)6-8/h1-3,6H,4-5,17H2. The van der Waals surface area contributed by atoms with E-state index in [0.717, 1.165) is 12.1 Å². The van der Waals surface area contributed by atoms with Gasteiger partial charge in [-0.1, -0.05) is 6.07 Å². The Labute approximate surface area is 98.2 Å². The number of halogens is 7. The van der Waals surface area contributed by atoms with Gasteiger partial charge < -0.3 is 5.73 Å². The van der Waals surface area contributed by atoms with Crippen LogP contribution in [0.1, 0.15) is 6.42 Å². The van der Waals surface area contributed by atoms with Crippen LogP contribution in [-0.2, 0) is 0 Å². The molecule has 0 heterocycles. The van der Waals surface area contributed by atoms with Crippen molar-refractivity contribution in [3.05, 3.63) is 24.3 Å². The molecule has 0 aliphatic rings. The number of nitrogen functional groups attached to an aromatic ring is 1. The molecule has 0 aromatic heterocycles. The summed E-state index contributed by atoms with van der Waals surface area (Å²) >= 11 is 0. The van der Waals surface area contributed by atoms with Crippen molar-refractivity contribution in [1.82, 2.24) is 0 Å². The van der Waals surface area contributed by atoms with Crippen molar-refractivity contribution in [2.24, 2.45) is 0 Å². The summed E-state index contributed by atoms with van der Waals surface area (Å²) in [6.45, 7) is 0. The lowest BCUT2D eigenvalue weighted by Gasteiger charge is -2.50. The Kier molecular flexibility index (Phi) is 2.87. The van der Waals surface area contributed by atoms with Crippen molar-refractivity contribution in [1.29, 1.82) is 0 Å². The molecule has 106 valence electrons. The first kappa shape index (κ1) is 14.9. The Bertz CT molecular complexity index is 461. The Hall–Kier alpha value is -1.12. The van der Waals surface area contributed by atoms with E-state index in [2.05, 4.69) is 0 Å². The first-order valence-electron chi connectivity index (χ1n) is 4.64. The molecule has 1 aromatic rings. The van der Waals surface area contributed by atoms with Crippen LogP contribution in [0.4, 0.5) is 34.4 Å². The van der Waals surface area contributed by atoms with Crippen LogP contribution in [0.3, 0.4) is 0 Å². The predicted molar refractivity (Wildman–Crippen MR) is 56.7 cm³/mol. The zero-order chi connectivity index (χ0) is 14.3. The number of anilines is 1. The quantitative estimate of drug-likeness (QED) is 0.617. The van der Waals surface area contributed by atoms with Gasteiger partial charge in [-0.3, -0.25) is 0 Å². The summed E-state index contributed by atoms with van der Waals surface area (Å²) in [6, 6.07) is 2.61. The SMILES string of the molecule is Nc1cccc(S(F)(F)(F)(F)CCC(F)(F)F)c1. The van der Waals surface area contributed by atoms with Crippen LogP contribution in [0, 0.1) is 0 Å². The van der Waals surface area contributed by atoms with Gasteiger partial charge in [0.15, 0.2) is 9.84 Å². The summed E-state index contributed by atoms with van der Waals surface area (Å²) in [6.07, 6.45) is -7.34. The minimum Gasteiger partial charge on any atom is -0.399 e. The molecule has 0 aliphatic heterocycles. The van der Waals surface area contributed by atoms with E-state index in [4.69, 9.17) is 5.73 Å². The lowest BCUT2D eigenvalue weighted by Crippen LogP contribution is -2.23. The minimum atomic E-state index is -8.94. The highest BCUT2D eigenvalue weighted by atomic mass is 32.5. The molecule has 18 heavy (non-hydrogen) atoms. The Morgan fingerprint density at radius 2 is 1.61 bits per heavy atom. The molecule has 0 saturated heterocycles. The van der Waals surface area contributed by atoms with E-state index in [1.54, 1.807) is 0 Å². The summed E-state index contributed by atoms with van der Waals surface area (Å²) in [5.74, 6) is -2.55. The molecule has 0 aliphatic carbocycles. The van der Waals surface area contributed by atoms with Crippen LogP contribution >= 0.6 is 9.84 Å². The molecule has 0 fully saturated rings. The predicted octanol–water partition coefficient (Wildman–Crippen LogP) is 4.99. The highest BCUT2D eigenvalue weighted by Crippen LogP contribution is 3.00. The molecule has 9 heteroatoms. The Morgan fingerprint density at radius 3 is 2.06 bits per heavy atom. The summed E-state index contributed by atoms with van der Waals surface area (Å²) in [4.78, 5) is -1.74. The summed E-state index contributed by atoms with van der Waals surface area (Å²) in [7, 11) is -8.94. The summed E-state index contributed by atoms with van der Waals surface area (Å²) in [5.41, 5.74) is 4.72. The average Bonchev–Trinajstić information content (AvgIpc) is 2.13. The zero-order valence-electron chi connectivity index (χ0n) is 8.85. The van der Waals surface area contributed by atoms with Gasteiger partial charge in [0.1, 0.15) is 0 Å².